The Hall–Kier alpha value is -1.09. The van der Waals surface area contributed by atoms with Gasteiger partial charge in [-0.3, -0.25) is 5.84 Å². The van der Waals surface area contributed by atoms with Crippen molar-refractivity contribution in [3.8, 4) is 5.75 Å². The van der Waals surface area contributed by atoms with Crippen molar-refractivity contribution in [3.63, 3.8) is 0 Å². The molecule has 8 heteroatoms. The van der Waals surface area contributed by atoms with Gasteiger partial charge in [0.1, 0.15) is 5.75 Å². The zero-order chi connectivity index (χ0) is 14.8. The molecule has 0 spiro atoms. The molecule has 0 aliphatic heterocycles. The van der Waals surface area contributed by atoms with E-state index in [2.05, 4.69) is 26.1 Å². The lowest BCUT2D eigenvalue weighted by Gasteiger charge is -2.19. The van der Waals surface area contributed by atoms with Gasteiger partial charge in [-0.25, -0.2) is 5.43 Å². The van der Waals surface area contributed by atoms with Crippen molar-refractivity contribution in [2.75, 3.05) is 0 Å². The fourth-order valence-electron chi connectivity index (χ4n) is 1.75. The van der Waals surface area contributed by atoms with Crippen LogP contribution < -0.4 is 16.0 Å². The van der Waals surface area contributed by atoms with Crippen molar-refractivity contribution in [2.45, 2.75) is 12.4 Å². The molecule has 0 aliphatic rings. The molecule has 0 saturated carbocycles. The van der Waals surface area contributed by atoms with Gasteiger partial charge in [-0.15, -0.1) is 24.5 Å². The van der Waals surface area contributed by atoms with Gasteiger partial charge < -0.3 is 4.74 Å². The molecule has 0 amide bonds. The molecule has 1 aromatic heterocycles. The number of nitrogens with one attached hydrogen (secondary N) is 1. The van der Waals surface area contributed by atoms with E-state index < -0.39 is 12.4 Å². The van der Waals surface area contributed by atoms with E-state index in [0.717, 1.165) is 8.66 Å². The van der Waals surface area contributed by atoms with Crippen LogP contribution in [0.15, 0.2) is 40.2 Å². The smallest absolute Gasteiger partial charge is 0.405 e. The van der Waals surface area contributed by atoms with E-state index in [1.807, 2.05) is 0 Å². The molecule has 2 rings (SSSR count). The van der Waals surface area contributed by atoms with Crippen LogP contribution in [0.5, 0.6) is 5.75 Å². The number of ether oxygens (including phenoxy) is 1. The molecule has 3 nitrogen and oxygen atoms in total. The third-order valence-corrected chi connectivity index (χ3v) is 4.19. The summed E-state index contributed by atoms with van der Waals surface area (Å²) in [4.78, 5) is 0.776. The number of rotatable bonds is 4. The van der Waals surface area contributed by atoms with Crippen LogP contribution in [-0.4, -0.2) is 6.36 Å². The van der Waals surface area contributed by atoms with Crippen LogP contribution in [0.4, 0.5) is 13.2 Å². The highest BCUT2D eigenvalue weighted by molar-refractivity contribution is 9.11. The van der Waals surface area contributed by atoms with Crippen LogP contribution >= 0.6 is 27.3 Å². The van der Waals surface area contributed by atoms with Gasteiger partial charge in [0.15, 0.2) is 0 Å². The first kappa shape index (κ1) is 15.3. The lowest BCUT2D eigenvalue weighted by atomic mass is 10.0. The number of halogens is 4. The quantitative estimate of drug-likeness (QED) is 0.635. The SMILES string of the molecule is NNC(c1ccc(Br)s1)c1ccccc1OC(F)(F)F. The highest BCUT2D eigenvalue weighted by atomic mass is 79.9. The van der Waals surface area contributed by atoms with Gasteiger partial charge in [0, 0.05) is 10.4 Å². The molecule has 3 N–H and O–H groups in total. The fraction of sp³-hybridized carbons (Fsp3) is 0.167. The maximum Gasteiger partial charge on any atom is 0.573 e. The highest BCUT2D eigenvalue weighted by Gasteiger charge is 2.33. The third-order valence-electron chi connectivity index (χ3n) is 2.50. The van der Waals surface area contributed by atoms with Crippen molar-refractivity contribution >= 4 is 27.3 Å². The number of hydrazine groups is 1. The number of para-hydroxylation sites is 1. The maximum absolute atomic E-state index is 12.4. The van der Waals surface area contributed by atoms with Gasteiger partial charge in [0.05, 0.1) is 9.83 Å². The van der Waals surface area contributed by atoms with E-state index in [-0.39, 0.29) is 5.75 Å². The summed E-state index contributed by atoms with van der Waals surface area (Å²) >= 11 is 4.69. The Kier molecular flexibility index (Phi) is 4.69. The normalized spacial score (nSPS) is 13.2. The summed E-state index contributed by atoms with van der Waals surface area (Å²) in [7, 11) is 0. The lowest BCUT2D eigenvalue weighted by Crippen LogP contribution is -2.29. The summed E-state index contributed by atoms with van der Waals surface area (Å²) in [6.07, 6.45) is -4.74. The van der Waals surface area contributed by atoms with Crippen molar-refractivity contribution in [1.29, 1.82) is 0 Å². The second-order valence-corrected chi connectivity index (χ2v) is 6.32. The van der Waals surface area contributed by atoms with E-state index in [0.29, 0.717) is 5.56 Å². The Morgan fingerprint density at radius 3 is 2.45 bits per heavy atom. The monoisotopic (exact) mass is 366 g/mol. The van der Waals surface area contributed by atoms with E-state index in [1.165, 1.54) is 23.5 Å². The Morgan fingerprint density at radius 1 is 1.20 bits per heavy atom. The molecule has 0 bridgehead atoms. The molecule has 1 unspecified atom stereocenters. The van der Waals surface area contributed by atoms with Crippen molar-refractivity contribution in [3.05, 3.63) is 50.6 Å². The van der Waals surface area contributed by atoms with Crippen LogP contribution in [0.25, 0.3) is 0 Å². The minimum absolute atomic E-state index is 0.271. The van der Waals surface area contributed by atoms with Gasteiger partial charge in [0.25, 0.3) is 0 Å². The van der Waals surface area contributed by atoms with E-state index in [9.17, 15) is 13.2 Å². The molecular formula is C12H10BrF3N2OS. The Balaban J connectivity index is 2.39. The minimum Gasteiger partial charge on any atom is -0.405 e. The number of hydrogen-bond donors (Lipinski definition) is 2. The first-order chi connectivity index (χ1) is 9.40. The number of alkyl halides is 3. The van der Waals surface area contributed by atoms with E-state index >= 15 is 0 Å². The molecule has 1 atom stereocenters. The van der Waals surface area contributed by atoms with E-state index in [1.54, 1.807) is 24.3 Å². The molecular weight excluding hydrogens is 357 g/mol. The molecule has 0 saturated heterocycles. The predicted molar refractivity (Wildman–Crippen MR) is 74.3 cm³/mol. The molecule has 0 radical (unpaired) electrons. The Morgan fingerprint density at radius 2 is 1.90 bits per heavy atom. The molecule has 20 heavy (non-hydrogen) atoms. The standard InChI is InChI=1S/C12H10BrF3N2OS/c13-10-6-5-9(20-10)11(18-17)7-3-1-2-4-8(7)19-12(14,15)16/h1-6,11,18H,17H2. The molecule has 1 aromatic carbocycles. The molecule has 2 aromatic rings. The van der Waals surface area contributed by atoms with Crippen LogP contribution in [0, 0.1) is 0 Å². The van der Waals surface area contributed by atoms with E-state index in [4.69, 9.17) is 5.84 Å². The number of nitrogens with two attached hydrogens (primary N) is 1. The number of benzene rings is 1. The summed E-state index contributed by atoms with van der Waals surface area (Å²) in [5, 5.41) is 0. The summed E-state index contributed by atoms with van der Waals surface area (Å²) in [6, 6.07) is 8.91. The van der Waals surface area contributed by atoms with Crippen LogP contribution in [0.3, 0.4) is 0 Å². The fourth-order valence-corrected chi connectivity index (χ4v) is 3.25. The van der Waals surface area contributed by atoms with Crippen LogP contribution in [0.2, 0.25) is 0 Å². The summed E-state index contributed by atoms with van der Waals surface area (Å²) in [5.74, 6) is 5.21. The zero-order valence-corrected chi connectivity index (χ0v) is 12.3. The summed E-state index contributed by atoms with van der Waals surface area (Å²) in [5.41, 5.74) is 2.84. The van der Waals surface area contributed by atoms with Crippen molar-refractivity contribution < 1.29 is 17.9 Å². The van der Waals surface area contributed by atoms with Gasteiger partial charge >= 0.3 is 6.36 Å². The Bertz CT molecular complexity index is 588. The lowest BCUT2D eigenvalue weighted by molar-refractivity contribution is -0.275. The van der Waals surface area contributed by atoms with Crippen LogP contribution in [0.1, 0.15) is 16.5 Å². The second kappa shape index (κ2) is 6.13. The van der Waals surface area contributed by atoms with Gasteiger partial charge in [-0.2, -0.15) is 0 Å². The largest absolute Gasteiger partial charge is 0.573 e. The number of thiophene rings is 1. The minimum atomic E-state index is -4.74. The first-order valence-corrected chi connectivity index (χ1v) is 7.07. The molecule has 1 heterocycles. The van der Waals surface area contributed by atoms with Crippen molar-refractivity contribution in [2.24, 2.45) is 5.84 Å². The average Bonchev–Trinajstić information content (AvgIpc) is 2.77. The highest BCUT2D eigenvalue weighted by Crippen LogP contribution is 2.36. The topological polar surface area (TPSA) is 47.3 Å². The second-order valence-electron chi connectivity index (χ2n) is 3.83. The molecule has 0 fully saturated rings. The van der Waals surface area contributed by atoms with Gasteiger partial charge in [0.2, 0.25) is 0 Å². The van der Waals surface area contributed by atoms with Crippen LogP contribution in [-0.2, 0) is 0 Å². The zero-order valence-electron chi connectivity index (χ0n) is 9.95. The average molecular weight is 367 g/mol. The first-order valence-electron chi connectivity index (χ1n) is 5.47. The van der Waals surface area contributed by atoms with Crippen molar-refractivity contribution in [1.82, 2.24) is 5.43 Å². The summed E-state index contributed by atoms with van der Waals surface area (Å²) < 4.78 is 42.2. The molecule has 108 valence electrons. The number of hydrogen-bond acceptors (Lipinski definition) is 4. The summed E-state index contributed by atoms with van der Waals surface area (Å²) in [6.45, 7) is 0. The maximum atomic E-state index is 12.4. The predicted octanol–water partition coefficient (Wildman–Crippen LogP) is 3.96. The van der Waals surface area contributed by atoms with Gasteiger partial charge in [-0.05, 0) is 34.1 Å². The Labute approximate surface area is 125 Å². The van der Waals surface area contributed by atoms with Gasteiger partial charge in [-0.1, -0.05) is 18.2 Å². The molecule has 0 aliphatic carbocycles. The third kappa shape index (κ3) is 3.72.